The monoisotopic (exact) mass is 654 g/mol. The summed E-state index contributed by atoms with van der Waals surface area (Å²) in [5.41, 5.74) is 9.00. The van der Waals surface area contributed by atoms with E-state index >= 15 is 0 Å². The van der Waals surface area contributed by atoms with Crippen LogP contribution in [0.2, 0.25) is 0 Å². The first-order valence-electron chi connectivity index (χ1n) is 17.2. The maximum absolute atomic E-state index is 14.0. The molecule has 0 saturated carbocycles. The fourth-order valence-corrected chi connectivity index (χ4v) is 8.17. The first-order chi connectivity index (χ1) is 24.1. The average molecular weight is 655 g/mol. The first kappa shape index (κ1) is 30.2. The van der Waals surface area contributed by atoms with Crippen LogP contribution in [0.1, 0.15) is 74.8 Å². The maximum Gasteiger partial charge on any atom is 0.261 e. The van der Waals surface area contributed by atoms with Gasteiger partial charge in [0.15, 0.2) is 0 Å². The molecule has 0 bridgehead atoms. The van der Waals surface area contributed by atoms with Crippen LogP contribution < -0.4 is 0 Å². The average Bonchev–Trinajstić information content (AvgIpc) is 3.11. The third-order valence-electron chi connectivity index (χ3n) is 11.2. The van der Waals surface area contributed by atoms with Gasteiger partial charge in [0.25, 0.3) is 23.6 Å². The molecule has 0 atom stereocenters. The molecule has 2 aliphatic rings. The van der Waals surface area contributed by atoms with Crippen LogP contribution in [0, 0.1) is 27.7 Å². The summed E-state index contributed by atoms with van der Waals surface area (Å²) in [7, 11) is 0. The highest BCUT2D eigenvalue weighted by molar-refractivity contribution is 6.41. The molecule has 9 rings (SSSR count). The SMILES string of the molecule is Cc1ccc(CCN2C(=O)c3ccc4c5ccc6c7c(ccc(c8ccc(c3c48)C2=O)c75)C(=O)N(CCc2ccc(C)c(C)c2)C6=O)cc1C. The highest BCUT2D eigenvalue weighted by Crippen LogP contribution is 2.46. The van der Waals surface area contributed by atoms with Gasteiger partial charge in [-0.15, -0.1) is 0 Å². The quantitative estimate of drug-likeness (QED) is 0.102. The molecule has 0 unspecified atom stereocenters. The van der Waals surface area contributed by atoms with Gasteiger partial charge in [0.2, 0.25) is 0 Å². The molecule has 7 aromatic carbocycles. The summed E-state index contributed by atoms with van der Waals surface area (Å²) in [5.74, 6) is -1.15. The summed E-state index contributed by atoms with van der Waals surface area (Å²) < 4.78 is 0. The van der Waals surface area contributed by atoms with Crippen molar-refractivity contribution in [1.29, 1.82) is 0 Å². The molecule has 0 aromatic heterocycles. The number of hydrogen-bond acceptors (Lipinski definition) is 4. The van der Waals surface area contributed by atoms with E-state index in [-0.39, 0.29) is 23.6 Å². The number of rotatable bonds is 6. The van der Waals surface area contributed by atoms with E-state index < -0.39 is 0 Å². The van der Waals surface area contributed by atoms with Crippen LogP contribution in [0.15, 0.2) is 84.9 Å². The number of aryl methyl sites for hydroxylation is 4. The fourth-order valence-electron chi connectivity index (χ4n) is 8.17. The number of hydrogen-bond donors (Lipinski definition) is 0. The van der Waals surface area contributed by atoms with Crippen LogP contribution in [-0.2, 0) is 12.8 Å². The van der Waals surface area contributed by atoms with Gasteiger partial charge in [-0.1, -0.05) is 60.7 Å². The number of benzene rings is 7. The molecule has 4 amide bonds. The molecule has 7 aromatic rings. The number of nitrogens with zero attached hydrogens (tertiary/aromatic N) is 2. The molecule has 244 valence electrons. The molecule has 0 N–H and O–H groups in total. The Morgan fingerprint density at radius 1 is 0.380 bits per heavy atom. The van der Waals surface area contributed by atoms with Gasteiger partial charge < -0.3 is 0 Å². The van der Waals surface area contributed by atoms with E-state index in [1.807, 2.05) is 48.5 Å². The Morgan fingerprint density at radius 2 is 0.700 bits per heavy atom. The largest absolute Gasteiger partial charge is 0.274 e. The van der Waals surface area contributed by atoms with Crippen LogP contribution in [0.3, 0.4) is 0 Å². The van der Waals surface area contributed by atoms with E-state index in [9.17, 15) is 19.2 Å². The molecule has 2 heterocycles. The maximum atomic E-state index is 14.0. The lowest BCUT2D eigenvalue weighted by molar-refractivity contribution is 0.0597. The summed E-state index contributed by atoms with van der Waals surface area (Å²) in [5, 5.41) is 6.60. The third kappa shape index (κ3) is 4.21. The van der Waals surface area contributed by atoms with E-state index in [1.165, 1.54) is 32.1 Å². The molecule has 0 fully saturated rings. The molecule has 0 saturated heterocycles. The van der Waals surface area contributed by atoms with Gasteiger partial charge >= 0.3 is 0 Å². The molecule has 6 heteroatoms. The van der Waals surface area contributed by atoms with Crippen molar-refractivity contribution in [3.05, 3.63) is 141 Å². The minimum atomic E-state index is -0.289. The van der Waals surface area contributed by atoms with Gasteiger partial charge in [0.05, 0.1) is 0 Å². The van der Waals surface area contributed by atoms with Crippen molar-refractivity contribution in [1.82, 2.24) is 9.80 Å². The fraction of sp³-hybridized carbons (Fsp3) is 0.182. The van der Waals surface area contributed by atoms with E-state index in [2.05, 4.69) is 64.1 Å². The minimum absolute atomic E-state index is 0.289. The number of carbonyl (C=O) groups is 4. The van der Waals surface area contributed by atoms with Gasteiger partial charge in [0, 0.05) is 46.1 Å². The molecule has 0 spiro atoms. The van der Waals surface area contributed by atoms with Gasteiger partial charge in [-0.05, 0) is 131 Å². The van der Waals surface area contributed by atoms with E-state index in [1.54, 1.807) is 0 Å². The van der Waals surface area contributed by atoms with Crippen molar-refractivity contribution in [2.75, 3.05) is 13.1 Å². The van der Waals surface area contributed by atoms with Crippen molar-refractivity contribution in [3.8, 4) is 0 Å². The summed E-state index contributed by atoms with van der Waals surface area (Å²) in [6, 6.07) is 27.6. The number of amides is 4. The van der Waals surface area contributed by atoms with Crippen molar-refractivity contribution in [2.45, 2.75) is 40.5 Å². The Morgan fingerprint density at radius 3 is 1.00 bits per heavy atom. The molecule has 0 radical (unpaired) electrons. The second-order valence-electron chi connectivity index (χ2n) is 14.0. The van der Waals surface area contributed by atoms with Crippen molar-refractivity contribution in [2.24, 2.45) is 0 Å². The molecule has 6 nitrogen and oxygen atoms in total. The second kappa shape index (κ2) is 10.8. The zero-order chi connectivity index (χ0) is 34.6. The Labute approximate surface area is 289 Å². The summed E-state index contributed by atoms with van der Waals surface area (Å²) in [6.45, 7) is 8.86. The van der Waals surface area contributed by atoms with Crippen LogP contribution in [-0.4, -0.2) is 46.5 Å². The van der Waals surface area contributed by atoms with Crippen LogP contribution in [0.25, 0.3) is 43.1 Å². The van der Waals surface area contributed by atoms with E-state index in [0.717, 1.165) is 43.4 Å². The summed E-state index contributed by atoms with van der Waals surface area (Å²) in [6.07, 6.45) is 1.15. The molecular formula is C44H34N2O4. The van der Waals surface area contributed by atoms with E-state index in [0.29, 0.717) is 59.0 Å². The Kier molecular flexibility index (Phi) is 6.53. The smallest absolute Gasteiger partial charge is 0.261 e. The molecular weight excluding hydrogens is 620 g/mol. The van der Waals surface area contributed by atoms with Gasteiger partial charge in [-0.25, -0.2) is 0 Å². The van der Waals surface area contributed by atoms with Gasteiger partial charge in [0.1, 0.15) is 0 Å². The van der Waals surface area contributed by atoms with Crippen LogP contribution in [0.4, 0.5) is 0 Å². The normalized spacial score (nSPS) is 14.4. The summed E-state index contributed by atoms with van der Waals surface area (Å²) in [4.78, 5) is 58.6. The number of fused-ring (bicyclic) bond motifs is 2. The summed E-state index contributed by atoms with van der Waals surface area (Å²) >= 11 is 0. The standard InChI is InChI=1S/C44H34N2O4/c1-23-5-7-27(21-25(23)3)17-19-45-41(47)33-13-9-29-31-11-15-35-40-36(44(50)46(43(35)49)20-18-28-8-6-24(2)26(4)22-28)16-12-32(38(31)40)30-10-14-34(42(45)48)39(33)37(29)30/h5-16,21-22H,17-20H2,1-4H3. The van der Waals surface area contributed by atoms with Crippen LogP contribution in [0.5, 0.6) is 0 Å². The molecule has 2 aliphatic heterocycles. The predicted octanol–water partition coefficient (Wildman–Crippen LogP) is 8.65. The number of imide groups is 2. The third-order valence-corrected chi connectivity index (χ3v) is 11.2. The zero-order valence-corrected chi connectivity index (χ0v) is 28.4. The van der Waals surface area contributed by atoms with E-state index in [4.69, 9.17) is 0 Å². The van der Waals surface area contributed by atoms with Crippen molar-refractivity contribution < 1.29 is 19.2 Å². The number of carbonyl (C=O) groups excluding carboxylic acids is 4. The topological polar surface area (TPSA) is 74.8 Å². The van der Waals surface area contributed by atoms with Crippen molar-refractivity contribution >= 4 is 66.7 Å². The molecule has 0 aliphatic carbocycles. The van der Waals surface area contributed by atoms with Crippen molar-refractivity contribution in [3.63, 3.8) is 0 Å². The van der Waals surface area contributed by atoms with Crippen LogP contribution >= 0.6 is 0 Å². The Hall–Kier alpha value is -5.88. The highest BCUT2D eigenvalue weighted by Gasteiger charge is 2.36. The lowest BCUT2D eigenvalue weighted by Crippen LogP contribution is -2.41. The van der Waals surface area contributed by atoms with Gasteiger partial charge in [-0.2, -0.15) is 0 Å². The van der Waals surface area contributed by atoms with Gasteiger partial charge in [-0.3, -0.25) is 29.0 Å². The lowest BCUT2D eigenvalue weighted by atomic mass is 9.82. The highest BCUT2D eigenvalue weighted by atomic mass is 16.2. The first-order valence-corrected chi connectivity index (χ1v) is 17.2. The Bertz CT molecular complexity index is 2380. The Balaban J connectivity index is 1.13. The predicted molar refractivity (Wildman–Crippen MR) is 198 cm³/mol. The lowest BCUT2D eigenvalue weighted by Gasteiger charge is -2.30. The second-order valence-corrected chi connectivity index (χ2v) is 14.0. The zero-order valence-electron chi connectivity index (χ0n) is 28.4. The molecule has 50 heavy (non-hydrogen) atoms. The minimum Gasteiger partial charge on any atom is -0.274 e.